The van der Waals surface area contributed by atoms with Gasteiger partial charge in [0.15, 0.2) is 0 Å². The zero-order valence-electron chi connectivity index (χ0n) is 11.3. The highest BCUT2D eigenvalue weighted by molar-refractivity contribution is 7.12. The summed E-state index contributed by atoms with van der Waals surface area (Å²) in [5.41, 5.74) is 1.91. The summed E-state index contributed by atoms with van der Waals surface area (Å²) >= 11 is 1.34. The molecule has 1 aromatic heterocycles. The van der Waals surface area contributed by atoms with Crippen LogP contribution in [0.4, 0.5) is 5.69 Å². The smallest absolute Gasteiger partial charge is 0.335 e. The van der Waals surface area contributed by atoms with E-state index in [0.717, 1.165) is 11.3 Å². The zero-order chi connectivity index (χ0) is 15.0. The first-order valence-electron chi connectivity index (χ1n) is 6.41. The summed E-state index contributed by atoms with van der Waals surface area (Å²) in [6.07, 6.45) is 0.663. The number of nitrogens with zero attached hydrogens (tertiary/aromatic N) is 1. The molecule has 0 unspecified atom stereocenters. The predicted octanol–water partition coefficient (Wildman–Crippen LogP) is 2.66. The molecule has 1 aliphatic rings. The number of carbonyl (C=O) groups excluding carboxylic acids is 1. The molecule has 0 radical (unpaired) electrons. The van der Waals surface area contributed by atoms with Gasteiger partial charge in [-0.15, -0.1) is 11.3 Å². The van der Waals surface area contributed by atoms with Gasteiger partial charge >= 0.3 is 5.97 Å². The van der Waals surface area contributed by atoms with Crippen molar-refractivity contribution in [1.29, 1.82) is 0 Å². The van der Waals surface area contributed by atoms with E-state index in [1.54, 1.807) is 23.1 Å². The van der Waals surface area contributed by atoms with Crippen molar-refractivity contribution < 1.29 is 19.4 Å². The van der Waals surface area contributed by atoms with E-state index < -0.39 is 5.97 Å². The van der Waals surface area contributed by atoms with Crippen molar-refractivity contribution in [2.75, 3.05) is 18.6 Å². The molecule has 1 amide bonds. The van der Waals surface area contributed by atoms with Crippen LogP contribution < -0.4 is 9.64 Å². The predicted molar refractivity (Wildman–Crippen MR) is 79.7 cm³/mol. The molecule has 6 heteroatoms. The highest BCUT2D eigenvalue weighted by Crippen LogP contribution is 2.33. The minimum absolute atomic E-state index is 0.108. The Morgan fingerprint density at radius 3 is 2.86 bits per heavy atom. The monoisotopic (exact) mass is 303 g/mol. The molecule has 108 valence electrons. The number of fused-ring (bicyclic) bond motifs is 1. The van der Waals surface area contributed by atoms with Gasteiger partial charge in [0.2, 0.25) is 0 Å². The maximum Gasteiger partial charge on any atom is 0.335 e. The van der Waals surface area contributed by atoms with E-state index in [0.29, 0.717) is 23.6 Å². The van der Waals surface area contributed by atoms with E-state index in [1.807, 2.05) is 5.38 Å². The third-order valence-electron chi connectivity index (χ3n) is 3.51. The van der Waals surface area contributed by atoms with Crippen LogP contribution in [0.5, 0.6) is 5.75 Å². The van der Waals surface area contributed by atoms with Crippen LogP contribution in [0.25, 0.3) is 0 Å². The molecule has 5 nitrogen and oxygen atoms in total. The Hall–Kier alpha value is -2.34. The number of carboxylic acid groups (broad SMARTS) is 1. The zero-order valence-corrected chi connectivity index (χ0v) is 12.1. The molecule has 2 heterocycles. The van der Waals surface area contributed by atoms with Gasteiger partial charge in [-0.3, -0.25) is 4.79 Å². The van der Waals surface area contributed by atoms with Crippen molar-refractivity contribution in [3.8, 4) is 5.75 Å². The molecular formula is C15H13NO4S. The first-order chi connectivity index (χ1) is 10.1. The Balaban J connectivity index is 1.94. The Bertz CT molecular complexity index is 722. The van der Waals surface area contributed by atoms with Crippen molar-refractivity contribution in [3.63, 3.8) is 0 Å². The van der Waals surface area contributed by atoms with Gasteiger partial charge in [0.25, 0.3) is 5.91 Å². The van der Waals surface area contributed by atoms with Crippen LogP contribution in [0.3, 0.4) is 0 Å². The lowest BCUT2D eigenvalue weighted by molar-refractivity contribution is 0.0696. The van der Waals surface area contributed by atoms with Gasteiger partial charge < -0.3 is 14.7 Å². The van der Waals surface area contributed by atoms with Crippen LogP contribution in [0.15, 0.2) is 29.6 Å². The number of hydrogen-bond acceptors (Lipinski definition) is 4. The van der Waals surface area contributed by atoms with Gasteiger partial charge in [0, 0.05) is 12.2 Å². The normalized spacial score (nSPS) is 13.1. The number of rotatable bonds is 3. The van der Waals surface area contributed by atoms with Crippen LogP contribution in [-0.2, 0) is 6.42 Å². The van der Waals surface area contributed by atoms with Gasteiger partial charge in [0.05, 0.1) is 12.7 Å². The molecule has 1 aromatic carbocycles. The van der Waals surface area contributed by atoms with Gasteiger partial charge in [0.1, 0.15) is 10.6 Å². The average molecular weight is 303 g/mol. The van der Waals surface area contributed by atoms with Gasteiger partial charge in [-0.2, -0.15) is 0 Å². The lowest BCUT2D eigenvalue weighted by Crippen LogP contribution is -2.28. The van der Waals surface area contributed by atoms with Crippen molar-refractivity contribution in [3.05, 3.63) is 45.6 Å². The minimum atomic E-state index is -0.956. The summed E-state index contributed by atoms with van der Waals surface area (Å²) < 4.78 is 5.19. The maximum absolute atomic E-state index is 12.6. The first-order valence-corrected chi connectivity index (χ1v) is 7.29. The lowest BCUT2D eigenvalue weighted by atomic mass is 10.1. The van der Waals surface area contributed by atoms with Crippen molar-refractivity contribution in [2.45, 2.75) is 6.42 Å². The van der Waals surface area contributed by atoms with Crippen molar-refractivity contribution >= 4 is 28.9 Å². The molecule has 1 aliphatic heterocycles. The highest BCUT2D eigenvalue weighted by Gasteiger charge is 2.28. The number of carbonyl (C=O) groups is 2. The maximum atomic E-state index is 12.6. The molecule has 0 aliphatic carbocycles. The second-order valence-electron chi connectivity index (χ2n) is 4.67. The van der Waals surface area contributed by atoms with E-state index in [9.17, 15) is 9.59 Å². The highest BCUT2D eigenvalue weighted by atomic mass is 32.1. The molecule has 2 aromatic rings. The molecule has 0 bridgehead atoms. The molecule has 0 saturated carbocycles. The summed E-state index contributed by atoms with van der Waals surface area (Å²) in [5, 5.41) is 10.8. The number of carboxylic acids is 1. The van der Waals surface area contributed by atoms with E-state index >= 15 is 0 Å². The van der Waals surface area contributed by atoms with Crippen LogP contribution in [-0.4, -0.2) is 30.6 Å². The van der Waals surface area contributed by atoms with Crippen LogP contribution in [0.2, 0.25) is 0 Å². The fourth-order valence-electron chi connectivity index (χ4n) is 2.48. The second kappa shape index (κ2) is 5.21. The number of thiophene rings is 1. The van der Waals surface area contributed by atoms with Crippen LogP contribution in [0, 0.1) is 0 Å². The Labute approximate surface area is 125 Å². The minimum Gasteiger partial charge on any atom is -0.495 e. The number of methoxy groups -OCH3 is 1. The largest absolute Gasteiger partial charge is 0.495 e. The fourth-order valence-corrected chi connectivity index (χ4v) is 3.29. The fraction of sp³-hybridized carbons (Fsp3) is 0.200. The third kappa shape index (κ3) is 2.27. The molecule has 0 saturated heterocycles. The van der Waals surface area contributed by atoms with E-state index in [2.05, 4.69) is 0 Å². The van der Waals surface area contributed by atoms with Gasteiger partial charge in [-0.1, -0.05) is 0 Å². The second-order valence-corrected chi connectivity index (χ2v) is 5.59. The summed E-state index contributed by atoms with van der Waals surface area (Å²) in [5.74, 6) is -0.494. The van der Waals surface area contributed by atoms with E-state index in [1.165, 1.54) is 24.5 Å². The molecule has 0 fully saturated rings. The topological polar surface area (TPSA) is 66.8 Å². The average Bonchev–Trinajstić information content (AvgIpc) is 3.12. The van der Waals surface area contributed by atoms with Crippen LogP contribution >= 0.6 is 11.3 Å². The number of hydrogen-bond donors (Lipinski definition) is 1. The lowest BCUT2D eigenvalue weighted by Gasteiger charge is -2.17. The number of amides is 1. The SMILES string of the molecule is COc1ccsc1C(=O)N1CCc2cc(C(=O)O)ccc21. The first kappa shape index (κ1) is 13.6. The third-order valence-corrected chi connectivity index (χ3v) is 4.39. The van der Waals surface area contributed by atoms with Crippen LogP contribution in [0.1, 0.15) is 25.6 Å². The molecule has 0 atom stereocenters. The Morgan fingerprint density at radius 1 is 1.33 bits per heavy atom. The molecule has 0 spiro atoms. The molecular weight excluding hydrogens is 290 g/mol. The number of anilines is 1. The summed E-state index contributed by atoms with van der Waals surface area (Å²) in [6, 6.07) is 6.63. The summed E-state index contributed by atoms with van der Waals surface area (Å²) in [4.78, 5) is 25.8. The summed E-state index contributed by atoms with van der Waals surface area (Å²) in [6.45, 7) is 0.554. The molecule has 1 N–H and O–H groups in total. The van der Waals surface area contributed by atoms with Crippen molar-refractivity contribution in [2.24, 2.45) is 0 Å². The molecule has 3 rings (SSSR count). The Kier molecular flexibility index (Phi) is 3.39. The summed E-state index contributed by atoms with van der Waals surface area (Å²) in [7, 11) is 1.54. The van der Waals surface area contributed by atoms with E-state index in [4.69, 9.17) is 9.84 Å². The Morgan fingerprint density at radius 2 is 2.14 bits per heavy atom. The standard InChI is InChI=1S/C15H13NO4S/c1-20-12-5-7-21-13(12)14(17)16-6-4-9-8-10(15(18)19)2-3-11(9)16/h2-3,5,7-8H,4,6H2,1H3,(H,18,19). The van der Waals surface area contributed by atoms with Gasteiger partial charge in [-0.05, 0) is 41.6 Å². The molecule has 21 heavy (non-hydrogen) atoms. The number of ether oxygens (including phenoxy) is 1. The van der Waals surface area contributed by atoms with Crippen molar-refractivity contribution in [1.82, 2.24) is 0 Å². The number of benzene rings is 1. The van der Waals surface area contributed by atoms with E-state index in [-0.39, 0.29) is 11.5 Å². The quantitative estimate of drug-likeness (QED) is 0.946. The van der Waals surface area contributed by atoms with Gasteiger partial charge in [-0.25, -0.2) is 4.79 Å². The number of aromatic carboxylic acids is 1.